The molecule has 2 aromatic rings. The molecule has 1 heterocycles. The molecular weight excluding hydrogens is 356 g/mol. The van der Waals surface area contributed by atoms with Crippen molar-refractivity contribution in [2.24, 2.45) is 0 Å². The van der Waals surface area contributed by atoms with E-state index in [9.17, 15) is 14.9 Å². The fraction of sp³-hybridized carbons (Fsp3) is 0.316. The molecule has 0 saturated heterocycles. The number of methoxy groups -OCH3 is 1. The Morgan fingerprint density at radius 2 is 2.15 bits per heavy atom. The molecule has 0 bridgehead atoms. The number of aryl methyl sites for hydroxylation is 1. The maximum absolute atomic E-state index is 12.8. The zero-order valence-electron chi connectivity index (χ0n) is 14.6. The number of nitro benzene ring substituents is 1. The minimum absolute atomic E-state index is 0.0241. The van der Waals surface area contributed by atoms with Gasteiger partial charge in [-0.2, -0.15) is 0 Å². The highest BCUT2D eigenvalue weighted by molar-refractivity contribution is 6.32. The SMILES string of the molecule is COc1cccc(CCC(=O)N2c3ccc([N+](=O)[O-])cc3CC2C)c1Cl. The molecule has 2 aromatic carbocycles. The Labute approximate surface area is 156 Å². The number of rotatable bonds is 5. The van der Waals surface area contributed by atoms with Gasteiger partial charge in [-0.15, -0.1) is 0 Å². The van der Waals surface area contributed by atoms with Gasteiger partial charge in [0.05, 0.1) is 17.1 Å². The summed E-state index contributed by atoms with van der Waals surface area (Å²) in [6, 6.07) is 10.1. The number of halogens is 1. The molecule has 1 atom stereocenters. The van der Waals surface area contributed by atoms with Crippen LogP contribution in [0.2, 0.25) is 5.02 Å². The smallest absolute Gasteiger partial charge is 0.269 e. The fourth-order valence-electron chi connectivity index (χ4n) is 3.38. The summed E-state index contributed by atoms with van der Waals surface area (Å²) in [5, 5.41) is 11.5. The zero-order valence-corrected chi connectivity index (χ0v) is 15.3. The number of nitro groups is 1. The highest BCUT2D eigenvalue weighted by Gasteiger charge is 2.31. The first-order valence-electron chi connectivity index (χ1n) is 8.33. The molecule has 0 aliphatic carbocycles. The van der Waals surface area contributed by atoms with Gasteiger partial charge in [-0.3, -0.25) is 14.9 Å². The predicted molar refractivity (Wildman–Crippen MR) is 100 cm³/mol. The first kappa shape index (κ1) is 18.2. The number of nitrogens with zero attached hydrogens (tertiary/aromatic N) is 2. The Bertz CT molecular complexity index is 869. The van der Waals surface area contributed by atoms with E-state index in [0.717, 1.165) is 16.8 Å². The third-order valence-electron chi connectivity index (χ3n) is 4.63. The molecule has 0 radical (unpaired) electrons. The summed E-state index contributed by atoms with van der Waals surface area (Å²) in [5.74, 6) is 0.563. The number of ether oxygens (including phenoxy) is 1. The molecule has 136 valence electrons. The van der Waals surface area contributed by atoms with Gasteiger partial charge in [-0.25, -0.2) is 0 Å². The first-order valence-corrected chi connectivity index (χ1v) is 8.71. The molecule has 1 aliphatic rings. The van der Waals surface area contributed by atoms with E-state index in [1.807, 2.05) is 19.1 Å². The molecule has 26 heavy (non-hydrogen) atoms. The van der Waals surface area contributed by atoms with Gasteiger partial charge in [0.1, 0.15) is 5.75 Å². The van der Waals surface area contributed by atoms with Gasteiger partial charge in [-0.1, -0.05) is 23.7 Å². The van der Waals surface area contributed by atoms with Crippen molar-refractivity contribution in [3.8, 4) is 5.75 Å². The highest BCUT2D eigenvalue weighted by atomic mass is 35.5. The topological polar surface area (TPSA) is 72.7 Å². The monoisotopic (exact) mass is 374 g/mol. The normalized spacial score (nSPS) is 15.7. The zero-order chi connectivity index (χ0) is 18.8. The van der Waals surface area contributed by atoms with Gasteiger partial charge in [0, 0.05) is 30.3 Å². The average molecular weight is 375 g/mol. The minimum atomic E-state index is -0.416. The summed E-state index contributed by atoms with van der Waals surface area (Å²) < 4.78 is 5.20. The van der Waals surface area contributed by atoms with Crippen LogP contribution in [-0.4, -0.2) is 24.0 Å². The highest BCUT2D eigenvalue weighted by Crippen LogP contribution is 2.35. The number of carbonyl (C=O) groups is 1. The third-order valence-corrected chi connectivity index (χ3v) is 5.06. The molecule has 1 amide bonds. The summed E-state index contributed by atoms with van der Waals surface area (Å²) in [6.45, 7) is 1.95. The second-order valence-electron chi connectivity index (χ2n) is 6.32. The van der Waals surface area contributed by atoms with Crippen molar-refractivity contribution in [3.05, 3.63) is 62.7 Å². The molecule has 0 N–H and O–H groups in total. The van der Waals surface area contributed by atoms with Gasteiger partial charge in [0.2, 0.25) is 5.91 Å². The van der Waals surface area contributed by atoms with Gasteiger partial charge < -0.3 is 9.64 Å². The molecule has 0 aromatic heterocycles. The van der Waals surface area contributed by atoms with E-state index in [1.165, 1.54) is 6.07 Å². The van der Waals surface area contributed by atoms with Crippen LogP contribution >= 0.6 is 11.6 Å². The lowest BCUT2D eigenvalue weighted by Crippen LogP contribution is -2.35. The number of anilines is 1. The number of hydrogen-bond donors (Lipinski definition) is 0. The van der Waals surface area contributed by atoms with E-state index >= 15 is 0 Å². The van der Waals surface area contributed by atoms with Crippen molar-refractivity contribution in [2.75, 3.05) is 12.0 Å². The van der Waals surface area contributed by atoms with Crippen LogP contribution in [0, 0.1) is 10.1 Å². The van der Waals surface area contributed by atoms with Crippen molar-refractivity contribution < 1.29 is 14.5 Å². The van der Waals surface area contributed by atoms with E-state index in [1.54, 1.807) is 30.2 Å². The van der Waals surface area contributed by atoms with Gasteiger partial charge in [0.25, 0.3) is 5.69 Å². The van der Waals surface area contributed by atoms with Gasteiger partial charge in [-0.05, 0) is 43.0 Å². The summed E-state index contributed by atoms with van der Waals surface area (Å²) in [4.78, 5) is 25.1. The van der Waals surface area contributed by atoms with E-state index in [-0.39, 0.29) is 17.6 Å². The standard InChI is InChI=1S/C19H19ClN2O4/c1-12-10-14-11-15(22(24)25)7-8-16(14)21(12)18(23)9-6-13-4-3-5-17(26-2)19(13)20/h3-5,7-8,11-12H,6,9-10H2,1-2H3. The Balaban J connectivity index is 1.76. The number of fused-ring (bicyclic) bond motifs is 1. The van der Waals surface area contributed by atoms with Crippen LogP contribution < -0.4 is 9.64 Å². The maximum atomic E-state index is 12.8. The summed E-state index contributed by atoms with van der Waals surface area (Å²) in [6.07, 6.45) is 1.41. The van der Waals surface area contributed by atoms with Crippen molar-refractivity contribution in [1.29, 1.82) is 0 Å². The Kier molecular flexibility index (Phi) is 5.13. The molecule has 6 nitrogen and oxygen atoms in total. The average Bonchev–Trinajstić information content (AvgIpc) is 2.95. The lowest BCUT2D eigenvalue weighted by Gasteiger charge is -2.23. The first-order chi connectivity index (χ1) is 12.4. The molecule has 3 rings (SSSR count). The minimum Gasteiger partial charge on any atom is -0.495 e. The molecule has 0 fully saturated rings. The van der Waals surface area contributed by atoms with Crippen LogP contribution in [0.5, 0.6) is 5.75 Å². The van der Waals surface area contributed by atoms with E-state index < -0.39 is 4.92 Å². The van der Waals surface area contributed by atoms with Crippen LogP contribution in [0.15, 0.2) is 36.4 Å². The van der Waals surface area contributed by atoms with E-state index in [4.69, 9.17) is 16.3 Å². The van der Waals surface area contributed by atoms with Crippen LogP contribution in [-0.2, 0) is 17.6 Å². The lowest BCUT2D eigenvalue weighted by atomic mass is 10.1. The molecule has 1 unspecified atom stereocenters. The second-order valence-corrected chi connectivity index (χ2v) is 6.70. The molecule has 1 aliphatic heterocycles. The van der Waals surface area contributed by atoms with Crippen LogP contribution in [0.1, 0.15) is 24.5 Å². The van der Waals surface area contributed by atoms with E-state index in [0.29, 0.717) is 30.0 Å². The van der Waals surface area contributed by atoms with Gasteiger partial charge >= 0.3 is 0 Å². The summed E-state index contributed by atoms with van der Waals surface area (Å²) in [5.41, 5.74) is 2.49. The molecule has 0 saturated carbocycles. The fourth-order valence-corrected chi connectivity index (χ4v) is 3.68. The number of hydrogen-bond acceptors (Lipinski definition) is 4. The Morgan fingerprint density at radius 3 is 2.85 bits per heavy atom. The molecular formula is C19H19ClN2O4. The second kappa shape index (κ2) is 7.33. The molecule has 7 heteroatoms. The Morgan fingerprint density at radius 1 is 1.38 bits per heavy atom. The lowest BCUT2D eigenvalue weighted by molar-refractivity contribution is -0.384. The van der Waals surface area contributed by atoms with Crippen LogP contribution in [0.4, 0.5) is 11.4 Å². The summed E-state index contributed by atoms with van der Waals surface area (Å²) >= 11 is 6.30. The number of amides is 1. The number of carbonyl (C=O) groups excluding carboxylic acids is 1. The van der Waals surface area contributed by atoms with E-state index in [2.05, 4.69) is 0 Å². The quantitative estimate of drug-likeness (QED) is 0.581. The largest absolute Gasteiger partial charge is 0.495 e. The number of non-ortho nitro benzene ring substituents is 1. The third kappa shape index (κ3) is 3.37. The van der Waals surface area contributed by atoms with Crippen LogP contribution in [0.3, 0.4) is 0 Å². The van der Waals surface area contributed by atoms with Crippen molar-refractivity contribution >= 4 is 28.9 Å². The predicted octanol–water partition coefficient (Wildman–Crippen LogP) is 4.17. The van der Waals surface area contributed by atoms with Crippen molar-refractivity contribution in [2.45, 2.75) is 32.2 Å². The number of benzene rings is 2. The van der Waals surface area contributed by atoms with Gasteiger partial charge in [0.15, 0.2) is 0 Å². The molecule has 0 spiro atoms. The van der Waals surface area contributed by atoms with Crippen molar-refractivity contribution in [1.82, 2.24) is 0 Å². The van der Waals surface area contributed by atoms with Crippen LogP contribution in [0.25, 0.3) is 0 Å². The Hall–Kier alpha value is -2.60. The van der Waals surface area contributed by atoms with Crippen molar-refractivity contribution in [3.63, 3.8) is 0 Å². The maximum Gasteiger partial charge on any atom is 0.269 e. The summed E-state index contributed by atoms with van der Waals surface area (Å²) in [7, 11) is 1.55.